The van der Waals surface area contributed by atoms with Crippen LogP contribution >= 0.6 is 0 Å². The Balaban J connectivity index is 2.00. The highest BCUT2D eigenvalue weighted by atomic mass is 32.2. The summed E-state index contributed by atoms with van der Waals surface area (Å²) in [5.41, 5.74) is 0. The first kappa shape index (κ1) is 16.2. The largest absolute Gasteiger partial charge is 0.395 e. The average molecular weight is 304 g/mol. The Morgan fingerprint density at radius 3 is 2.45 bits per heavy atom. The van der Waals surface area contributed by atoms with Crippen LogP contribution in [0, 0.1) is 5.92 Å². The molecule has 2 atom stereocenters. The Labute approximate surface area is 123 Å². The summed E-state index contributed by atoms with van der Waals surface area (Å²) < 4.78 is 26.6. The lowest BCUT2D eigenvalue weighted by atomic mass is 10.2. The van der Waals surface area contributed by atoms with Gasteiger partial charge >= 0.3 is 0 Å². The Morgan fingerprint density at radius 1 is 1.15 bits per heavy atom. The Kier molecular flexibility index (Phi) is 5.45. The Hall–Kier alpha value is -0.170. The zero-order chi connectivity index (χ0) is 14.8. The van der Waals surface area contributed by atoms with Crippen LogP contribution in [0.25, 0.3) is 0 Å². The summed E-state index contributed by atoms with van der Waals surface area (Å²) in [7, 11) is -3.13. The second-order valence-corrected chi connectivity index (χ2v) is 8.52. The van der Waals surface area contributed by atoms with Crippen molar-refractivity contribution in [1.29, 1.82) is 0 Å². The SMILES string of the molecule is CC(C)CS(=O)(=O)N1CCCC1CN1CCCC1CO. The van der Waals surface area contributed by atoms with Crippen molar-refractivity contribution in [3.63, 3.8) is 0 Å². The van der Waals surface area contributed by atoms with Gasteiger partial charge in [0.2, 0.25) is 10.0 Å². The van der Waals surface area contributed by atoms with E-state index in [0.29, 0.717) is 6.54 Å². The van der Waals surface area contributed by atoms with Crippen molar-refractivity contribution in [1.82, 2.24) is 9.21 Å². The van der Waals surface area contributed by atoms with E-state index in [0.717, 1.165) is 38.8 Å². The van der Waals surface area contributed by atoms with Gasteiger partial charge in [-0.2, -0.15) is 4.31 Å². The van der Waals surface area contributed by atoms with Gasteiger partial charge in [0.1, 0.15) is 0 Å². The molecule has 0 aliphatic carbocycles. The molecular weight excluding hydrogens is 276 g/mol. The van der Waals surface area contributed by atoms with E-state index < -0.39 is 10.0 Å². The normalized spacial score (nSPS) is 29.6. The van der Waals surface area contributed by atoms with E-state index in [1.807, 2.05) is 13.8 Å². The number of likely N-dealkylation sites (tertiary alicyclic amines) is 1. The summed E-state index contributed by atoms with van der Waals surface area (Å²) in [6.07, 6.45) is 4.05. The van der Waals surface area contributed by atoms with Gasteiger partial charge in [-0.05, 0) is 38.1 Å². The maximum absolute atomic E-state index is 12.4. The predicted octanol–water partition coefficient (Wildman–Crippen LogP) is 0.893. The highest BCUT2D eigenvalue weighted by Crippen LogP contribution is 2.26. The molecular formula is C14H28N2O3S. The van der Waals surface area contributed by atoms with Crippen molar-refractivity contribution < 1.29 is 13.5 Å². The number of hydrogen-bond donors (Lipinski definition) is 1. The molecule has 2 unspecified atom stereocenters. The molecule has 2 aliphatic heterocycles. The summed E-state index contributed by atoms with van der Waals surface area (Å²) in [5, 5.41) is 9.38. The first-order valence-electron chi connectivity index (χ1n) is 7.78. The van der Waals surface area contributed by atoms with Gasteiger partial charge < -0.3 is 5.11 Å². The summed E-state index contributed by atoms with van der Waals surface area (Å²) in [6, 6.07) is 0.330. The molecule has 2 heterocycles. The second kappa shape index (κ2) is 6.73. The van der Waals surface area contributed by atoms with Gasteiger partial charge in [0.25, 0.3) is 0 Å². The summed E-state index contributed by atoms with van der Waals surface area (Å²) in [4.78, 5) is 2.27. The fraction of sp³-hybridized carbons (Fsp3) is 1.00. The van der Waals surface area contributed by atoms with Gasteiger partial charge in [0, 0.05) is 25.2 Å². The van der Waals surface area contributed by atoms with Crippen LogP contribution in [0.15, 0.2) is 0 Å². The molecule has 20 heavy (non-hydrogen) atoms. The Morgan fingerprint density at radius 2 is 1.80 bits per heavy atom. The third-order valence-corrected chi connectivity index (χ3v) is 6.66. The number of hydrogen-bond acceptors (Lipinski definition) is 4. The third-order valence-electron chi connectivity index (χ3n) is 4.38. The molecule has 0 aromatic rings. The van der Waals surface area contributed by atoms with Crippen LogP contribution in [-0.2, 0) is 10.0 Å². The standard InChI is InChI=1S/C14H28N2O3S/c1-12(2)11-20(18,19)16-8-4-5-13(16)9-15-7-3-6-14(15)10-17/h12-14,17H,3-11H2,1-2H3. The maximum Gasteiger partial charge on any atom is 0.214 e. The van der Waals surface area contributed by atoms with Crippen LogP contribution in [0.4, 0.5) is 0 Å². The van der Waals surface area contributed by atoms with Gasteiger partial charge in [-0.25, -0.2) is 8.42 Å². The molecule has 0 aromatic carbocycles. The fourth-order valence-electron chi connectivity index (χ4n) is 3.49. The van der Waals surface area contributed by atoms with E-state index in [4.69, 9.17) is 0 Å². The van der Waals surface area contributed by atoms with Crippen LogP contribution in [0.1, 0.15) is 39.5 Å². The van der Waals surface area contributed by atoms with E-state index in [9.17, 15) is 13.5 Å². The van der Waals surface area contributed by atoms with Crippen LogP contribution in [0.5, 0.6) is 0 Å². The van der Waals surface area contributed by atoms with Crippen LogP contribution in [0.2, 0.25) is 0 Å². The molecule has 2 aliphatic rings. The van der Waals surface area contributed by atoms with Crippen molar-refractivity contribution in [2.75, 3.05) is 32.0 Å². The number of nitrogens with zero attached hydrogens (tertiary/aromatic N) is 2. The first-order valence-corrected chi connectivity index (χ1v) is 9.39. The number of aliphatic hydroxyl groups is 1. The predicted molar refractivity (Wildman–Crippen MR) is 80.0 cm³/mol. The molecule has 6 heteroatoms. The molecule has 0 radical (unpaired) electrons. The van der Waals surface area contributed by atoms with Crippen molar-refractivity contribution in [3.8, 4) is 0 Å². The molecule has 0 bridgehead atoms. The molecule has 118 valence electrons. The van der Waals surface area contributed by atoms with Crippen molar-refractivity contribution in [2.45, 2.75) is 51.6 Å². The minimum atomic E-state index is -3.13. The first-order chi connectivity index (χ1) is 9.44. The zero-order valence-corrected chi connectivity index (χ0v) is 13.5. The molecule has 5 nitrogen and oxygen atoms in total. The van der Waals surface area contributed by atoms with Crippen molar-refractivity contribution in [2.24, 2.45) is 5.92 Å². The van der Waals surface area contributed by atoms with E-state index in [1.54, 1.807) is 4.31 Å². The van der Waals surface area contributed by atoms with E-state index in [1.165, 1.54) is 0 Å². The highest BCUT2D eigenvalue weighted by molar-refractivity contribution is 7.89. The van der Waals surface area contributed by atoms with Crippen LogP contribution in [-0.4, -0.2) is 66.8 Å². The number of aliphatic hydroxyl groups excluding tert-OH is 1. The molecule has 0 spiro atoms. The summed E-state index contributed by atoms with van der Waals surface area (Å²) in [6.45, 7) is 6.51. The molecule has 0 saturated carbocycles. The number of sulfonamides is 1. The van der Waals surface area contributed by atoms with Crippen molar-refractivity contribution >= 4 is 10.0 Å². The molecule has 1 N–H and O–H groups in total. The van der Waals surface area contributed by atoms with Gasteiger partial charge in [-0.1, -0.05) is 13.8 Å². The number of rotatable bonds is 6. The lowest BCUT2D eigenvalue weighted by molar-refractivity contribution is 0.140. The summed E-state index contributed by atoms with van der Waals surface area (Å²) >= 11 is 0. The van der Waals surface area contributed by atoms with Gasteiger partial charge in [-0.15, -0.1) is 0 Å². The minimum Gasteiger partial charge on any atom is -0.395 e. The molecule has 2 fully saturated rings. The zero-order valence-electron chi connectivity index (χ0n) is 12.7. The van der Waals surface area contributed by atoms with Crippen LogP contribution < -0.4 is 0 Å². The second-order valence-electron chi connectivity index (χ2n) is 6.55. The van der Waals surface area contributed by atoms with Gasteiger partial charge in [0.05, 0.1) is 12.4 Å². The third kappa shape index (κ3) is 3.72. The fourth-order valence-corrected chi connectivity index (χ4v) is 5.56. The van der Waals surface area contributed by atoms with Crippen molar-refractivity contribution in [3.05, 3.63) is 0 Å². The highest BCUT2D eigenvalue weighted by Gasteiger charge is 2.37. The van der Waals surface area contributed by atoms with E-state index >= 15 is 0 Å². The van der Waals surface area contributed by atoms with Crippen LogP contribution in [0.3, 0.4) is 0 Å². The van der Waals surface area contributed by atoms with E-state index in [-0.39, 0.29) is 30.4 Å². The summed E-state index contributed by atoms with van der Waals surface area (Å²) in [5.74, 6) is 0.408. The molecule has 0 amide bonds. The molecule has 2 rings (SSSR count). The lowest BCUT2D eigenvalue weighted by Crippen LogP contribution is -2.46. The monoisotopic (exact) mass is 304 g/mol. The van der Waals surface area contributed by atoms with Gasteiger partial charge in [0.15, 0.2) is 0 Å². The quantitative estimate of drug-likeness (QED) is 0.792. The molecule has 2 saturated heterocycles. The average Bonchev–Trinajstić information content (AvgIpc) is 2.96. The Bertz CT molecular complexity index is 411. The molecule has 0 aromatic heterocycles. The van der Waals surface area contributed by atoms with E-state index in [2.05, 4.69) is 4.90 Å². The smallest absolute Gasteiger partial charge is 0.214 e. The maximum atomic E-state index is 12.4. The van der Waals surface area contributed by atoms with Gasteiger partial charge in [-0.3, -0.25) is 4.90 Å². The topological polar surface area (TPSA) is 60.9 Å². The lowest BCUT2D eigenvalue weighted by Gasteiger charge is -2.31. The minimum absolute atomic E-state index is 0.103.